The van der Waals surface area contributed by atoms with Gasteiger partial charge in [-0.15, -0.1) is 0 Å². The first kappa shape index (κ1) is 21.0. The summed E-state index contributed by atoms with van der Waals surface area (Å²) < 4.78 is 10.4. The van der Waals surface area contributed by atoms with E-state index in [0.717, 1.165) is 0 Å². The zero-order chi connectivity index (χ0) is 20.4. The number of hydrogen-bond donors (Lipinski definition) is 2. The van der Waals surface area contributed by atoms with Crippen molar-refractivity contribution in [3.63, 3.8) is 0 Å². The summed E-state index contributed by atoms with van der Waals surface area (Å²) >= 11 is 0. The molecule has 7 nitrogen and oxygen atoms in total. The number of hydrogen-bond acceptors (Lipinski definition) is 5. The molecular weight excluding hydrogens is 360 g/mol. The maximum atomic E-state index is 12.1. The molecule has 2 rings (SSSR count). The first-order valence-corrected chi connectivity index (χ1v) is 9.02. The minimum atomic E-state index is -0.425. The topological polar surface area (TPSA) is 93.7 Å². The number of Topliss-reactive ketones (excluding diaryl/α,β-unsaturated/α-hetero) is 1. The smallest absolute Gasteiger partial charge is 0.269 e. The zero-order valence-corrected chi connectivity index (χ0v) is 16.0. The van der Waals surface area contributed by atoms with Crippen molar-refractivity contribution < 1.29 is 23.9 Å². The Morgan fingerprint density at radius 3 is 2.04 bits per heavy atom. The molecule has 0 bridgehead atoms. The van der Waals surface area contributed by atoms with Gasteiger partial charge in [-0.25, -0.2) is 0 Å². The molecule has 0 saturated carbocycles. The molecule has 2 N–H and O–H groups in total. The maximum Gasteiger partial charge on any atom is 0.269 e. The van der Waals surface area contributed by atoms with Crippen LogP contribution in [0.15, 0.2) is 48.5 Å². The molecule has 0 aromatic heterocycles. The summed E-state index contributed by atoms with van der Waals surface area (Å²) in [5.74, 6) is 0.519. The molecule has 0 radical (unpaired) electrons. The van der Waals surface area contributed by atoms with Crippen molar-refractivity contribution in [1.82, 2.24) is 10.9 Å². The maximum absolute atomic E-state index is 12.1. The highest BCUT2D eigenvalue weighted by atomic mass is 16.5. The molecule has 0 fully saturated rings. The summed E-state index contributed by atoms with van der Waals surface area (Å²) in [6.45, 7) is 2.42. The van der Waals surface area contributed by atoms with Gasteiger partial charge in [0.2, 0.25) is 5.91 Å². The summed E-state index contributed by atoms with van der Waals surface area (Å²) in [5, 5.41) is 0. The number of carbonyl (C=O) groups is 3. The largest absolute Gasteiger partial charge is 0.497 e. The van der Waals surface area contributed by atoms with E-state index in [1.165, 1.54) is 0 Å². The lowest BCUT2D eigenvalue weighted by Crippen LogP contribution is -2.41. The average molecular weight is 384 g/mol. The number of amides is 2. The fourth-order valence-corrected chi connectivity index (χ4v) is 2.46. The van der Waals surface area contributed by atoms with Crippen LogP contribution < -0.4 is 20.3 Å². The Kier molecular flexibility index (Phi) is 8.02. The molecule has 28 heavy (non-hydrogen) atoms. The van der Waals surface area contributed by atoms with Crippen molar-refractivity contribution in [3.8, 4) is 11.5 Å². The lowest BCUT2D eigenvalue weighted by Gasteiger charge is -2.08. The Hall–Kier alpha value is -3.35. The highest BCUT2D eigenvalue weighted by molar-refractivity contribution is 5.97. The predicted octanol–water partition coefficient (Wildman–Crippen LogP) is 2.91. The van der Waals surface area contributed by atoms with E-state index in [9.17, 15) is 14.4 Å². The van der Waals surface area contributed by atoms with Crippen LogP contribution in [-0.4, -0.2) is 31.3 Å². The Morgan fingerprint density at radius 2 is 1.43 bits per heavy atom. The van der Waals surface area contributed by atoms with Crippen molar-refractivity contribution in [2.24, 2.45) is 0 Å². The lowest BCUT2D eigenvalue weighted by atomic mass is 10.1. The number of rotatable bonds is 9. The quantitative estimate of drug-likeness (QED) is 0.512. The van der Waals surface area contributed by atoms with E-state index < -0.39 is 5.91 Å². The number of ether oxygens (including phenoxy) is 2. The fourth-order valence-electron chi connectivity index (χ4n) is 2.46. The van der Waals surface area contributed by atoms with Gasteiger partial charge in [0.25, 0.3) is 5.91 Å². The molecule has 7 heteroatoms. The van der Waals surface area contributed by atoms with Gasteiger partial charge < -0.3 is 9.47 Å². The molecule has 0 aliphatic rings. The Morgan fingerprint density at radius 1 is 0.821 bits per heavy atom. The van der Waals surface area contributed by atoms with E-state index in [4.69, 9.17) is 9.47 Å². The minimum Gasteiger partial charge on any atom is -0.497 e. The van der Waals surface area contributed by atoms with Crippen LogP contribution in [0.3, 0.4) is 0 Å². The Balaban J connectivity index is 1.70. The third kappa shape index (κ3) is 6.42. The van der Waals surface area contributed by atoms with E-state index >= 15 is 0 Å². The highest BCUT2D eigenvalue weighted by Gasteiger charge is 2.10. The number of methoxy groups -OCH3 is 1. The first-order valence-electron chi connectivity index (χ1n) is 9.02. The van der Waals surface area contributed by atoms with E-state index in [1.807, 2.05) is 6.92 Å². The average Bonchev–Trinajstić information content (AvgIpc) is 2.72. The molecule has 0 spiro atoms. The van der Waals surface area contributed by atoms with Gasteiger partial charge in [-0.3, -0.25) is 25.2 Å². The Labute approximate surface area is 164 Å². The second kappa shape index (κ2) is 10.7. The summed E-state index contributed by atoms with van der Waals surface area (Å²) in [4.78, 5) is 36.0. The van der Waals surface area contributed by atoms with Crippen LogP contribution in [0.1, 0.15) is 46.9 Å². The zero-order valence-electron chi connectivity index (χ0n) is 16.0. The molecule has 0 aliphatic heterocycles. The van der Waals surface area contributed by atoms with Crippen LogP contribution in [0.2, 0.25) is 0 Å². The van der Waals surface area contributed by atoms with Gasteiger partial charge in [-0.1, -0.05) is 0 Å². The second-order valence-electron chi connectivity index (χ2n) is 5.96. The monoisotopic (exact) mass is 384 g/mol. The van der Waals surface area contributed by atoms with Gasteiger partial charge in [0.15, 0.2) is 5.78 Å². The highest BCUT2D eigenvalue weighted by Crippen LogP contribution is 2.14. The molecule has 2 amide bonds. The van der Waals surface area contributed by atoms with Crippen LogP contribution in [0.25, 0.3) is 0 Å². The Bertz CT molecular complexity index is 801. The molecule has 148 valence electrons. The van der Waals surface area contributed by atoms with Gasteiger partial charge in [-0.05, 0) is 61.9 Å². The van der Waals surface area contributed by atoms with E-state index in [1.54, 1.807) is 55.6 Å². The van der Waals surface area contributed by atoms with Gasteiger partial charge in [0, 0.05) is 24.0 Å². The molecule has 0 heterocycles. The van der Waals surface area contributed by atoms with Crippen molar-refractivity contribution >= 4 is 17.6 Å². The van der Waals surface area contributed by atoms with Crippen LogP contribution in [0.4, 0.5) is 0 Å². The number of nitrogens with one attached hydrogen (secondary N) is 2. The van der Waals surface area contributed by atoms with Crippen molar-refractivity contribution in [2.45, 2.75) is 26.2 Å². The lowest BCUT2D eigenvalue weighted by molar-refractivity contribution is -0.121. The van der Waals surface area contributed by atoms with Crippen molar-refractivity contribution in [2.75, 3.05) is 13.7 Å². The standard InChI is InChI=1S/C21H24N2O5/c1-3-28-18-13-9-16(10-14-18)21(26)23-22-20(25)6-4-5-19(24)15-7-11-17(27-2)12-8-15/h7-14H,3-6H2,1-2H3,(H,22,25)(H,23,26). The molecule has 0 saturated heterocycles. The summed E-state index contributed by atoms with van der Waals surface area (Å²) in [6, 6.07) is 13.4. The molecule has 2 aromatic carbocycles. The third-order valence-corrected chi connectivity index (χ3v) is 3.96. The van der Waals surface area contributed by atoms with E-state index in [2.05, 4.69) is 10.9 Å². The number of benzene rings is 2. The van der Waals surface area contributed by atoms with Gasteiger partial charge in [0.05, 0.1) is 13.7 Å². The summed E-state index contributed by atoms with van der Waals surface area (Å²) in [6.07, 6.45) is 0.758. The molecule has 0 unspecified atom stereocenters. The van der Waals surface area contributed by atoms with E-state index in [0.29, 0.717) is 35.7 Å². The van der Waals surface area contributed by atoms with Crippen LogP contribution in [0.5, 0.6) is 11.5 Å². The molecular formula is C21H24N2O5. The normalized spacial score (nSPS) is 10.1. The van der Waals surface area contributed by atoms with Gasteiger partial charge in [0.1, 0.15) is 11.5 Å². The van der Waals surface area contributed by atoms with Crippen LogP contribution in [0, 0.1) is 0 Å². The van der Waals surface area contributed by atoms with Gasteiger partial charge in [-0.2, -0.15) is 0 Å². The van der Waals surface area contributed by atoms with Gasteiger partial charge >= 0.3 is 0 Å². The number of hydrazine groups is 1. The first-order chi connectivity index (χ1) is 13.5. The fraction of sp³-hybridized carbons (Fsp3) is 0.286. The molecule has 2 aromatic rings. The molecule has 0 aliphatic carbocycles. The van der Waals surface area contributed by atoms with Crippen molar-refractivity contribution in [3.05, 3.63) is 59.7 Å². The number of carbonyl (C=O) groups excluding carboxylic acids is 3. The van der Waals surface area contributed by atoms with Crippen LogP contribution in [-0.2, 0) is 4.79 Å². The molecule has 0 atom stereocenters. The predicted molar refractivity (Wildman–Crippen MR) is 104 cm³/mol. The van der Waals surface area contributed by atoms with E-state index in [-0.39, 0.29) is 24.5 Å². The minimum absolute atomic E-state index is 0.0473. The van der Waals surface area contributed by atoms with Crippen molar-refractivity contribution in [1.29, 1.82) is 0 Å². The third-order valence-electron chi connectivity index (χ3n) is 3.96. The van der Waals surface area contributed by atoms with Crippen LogP contribution >= 0.6 is 0 Å². The second-order valence-corrected chi connectivity index (χ2v) is 5.96. The SMILES string of the molecule is CCOc1ccc(C(=O)NNC(=O)CCCC(=O)c2ccc(OC)cc2)cc1. The summed E-state index contributed by atoms with van der Waals surface area (Å²) in [7, 11) is 1.56. The summed E-state index contributed by atoms with van der Waals surface area (Å²) in [5.41, 5.74) is 5.68. The number of ketones is 1.